The highest BCUT2D eigenvalue weighted by Gasteiger charge is 2.76. The van der Waals surface area contributed by atoms with Crippen LogP contribution >= 0.6 is 0 Å². The van der Waals surface area contributed by atoms with Crippen molar-refractivity contribution in [2.45, 2.75) is 82.4 Å². The van der Waals surface area contributed by atoms with E-state index in [1.165, 1.54) is 32.1 Å². The van der Waals surface area contributed by atoms with Gasteiger partial charge in [-0.1, -0.05) is 32.9 Å². The molecule has 1 aromatic rings. The Morgan fingerprint density at radius 2 is 1.40 bits per heavy atom. The van der Waals surface area contributed by atoms with E-state index in [0.717, 1.165) is 23.1 Å². The molecule has 40 heavy (non-hydrogen) atoms. The lowest BCUT2D eigenvalue weighted by Crippen LogP contribution is -2.76. The Morgan fingerprint density at radius 1 is 0.825 bits per heavy atom. The summed E-state index contributed by atoms with van der Waals surface area (Å²) in [6.07, 6.45) is 6.14. The standard InChI is InChI=1S/C31H50O8Si/c1-29(2,3)40(4,5)37-28-8-6-7-25(22-28)31(36-16-15-35-14-13-34-12-11-33-10-9-32)30(38-39-31)26-18-23-17-24(20-26)21-27(30)19-23/h6-8,22-24,26-27,32H,9-21H2,1-5H3. The summed E-state index contributed by atoms with van der Waals surface area (Å²) >= 11 is 0. The monoisotopic (exact) mass is 578 g/mol. The highest BCUT2D eigenvalue weighted by molar-refractivity contribution is 6.74. The van der Waals surface area contributed by atoms with Gasteiger partial charge in [0.25, 0.3) is 5.79 Å². The van der Waals surface area contributed by atoms with Crippen molar-refractivity contribution in [3.8, 4) is 5.75 Å². The van der Waals surface area contributed by atoms with Gasteiger partial charge in [0.2, 0.25) is 8.32 Å². The van der Waals surface area contributed by atoms with E-state index in [0.29, 0.717) is 58.1 Å². The number of hydrogen-bond donors (Lipinski definition) is 1. The van der Waals surface area contributed by atoms with Crippen molar-refractivity contribution in [3.05, 3.63) is 29.8 Å². The molecule has 1 heterocycles. The molecule has 1 atom stereocenters. The lowest BCUT2D eigenvalue weighted by Gasteiger charge is -2.68. The first kappa shape index (κ1) is 30.4. The van der Waals surface area contributed by atoms with Crippen LogP contribution in [-0.4, -0.2) is 71.9 Å². The van der Waals surface area contributed by atoms with Crippen LogP contribution in [0.15, 0.2) is 24.3 Å². The van der Waals surface area contributed by atoms with Gasteiger partial charge in [-0.25, -0.2) is 4.89 Å². The third-order valence-electron chi connectivity index (χ3n) is 10.1. The van der Waals surface area contributed by atoms with Crippen molar-refractivity contribution in [1.82, 2.24) is 0 Å². The van der Waals surface area contributed by atoms with Gasteiger partial charge in [-0.2, -0.15) is 4.89 Å². The van der Waals surface area contributed by atoms with E-state index in [9.17, 15) is 0 Å². The van der Waals surface area contributed by atoms with Gasteiger partial charge in [-0.05, 0) is 86.0 Å². The molecule has 4 aliphatic carbocycles. The molecule has 5 fully saturated rings. The van der Waals surface area contributed by atoms with Crippen molar-refractivity contribution < 1.29 is 38.3 Å². The van der Waals surface area contributed by atoms with E-state index in [4.69, 9.17) is 38.3 Å². The van der Waals surface area contributed by atoms with E-state index in [1.54, 1.807) is 0 Å². The highest BCUT2D eigenvalue weighted by Crippen LogP contribution is 2.69. The molecule has 4 saturated carbocycles. The molecule has 9 heteroatoms. The van der Waals surface area contributed by atoms with E-state index in [-0.39, 0.29) is 11.6 Å². The zero-order valence-electron chi connectivity index (χ0n) is 25.1. The summed E-state index contributed by atoms with van der Waals surface area (Å²) in [6.45, 7) is 14.4. The second-order valence-electron chi connectivity index (χ2n) is 13.7. The number of hydrogen-bond acceptors (Lipinski definition) is 8. The van der Waals surface area contributed by atoms with Gasteiger partial charge in [-0.15, -0.1) is 0 Å². The van der Waals surface area contributed by atoms with Crippen LogP contribution in [0.1, 0.15) is 58.4 Å². The normalized spacial score (nSPS) is 33.0. The molecule has 4 bridgehead atoms. The Labute approximate surface area is 241 Å². The molecule has 226 valence electrons. The highest BCUT2D eigenvalue weighted by atomic mass is 28.4. The minimum Gasteiger partial charge on any atom is -0.543 e. The molecule has 0 aromatic heterocycles. The van der Waals surface area contributed by atoms with Gasteiger partial charge >= 0.3 is 0 Å². The van der Waals surface area contributed by atoms with Crippen molar-refractivity contribution in [1.29, 1.82) is 0 Å². The fraction of sp³-hybridized carbons (Fsp3) is 0.806. The summed E-state index contributed by atoms with van der Waals surface area (Å²) in [5, 5.41) is 8.85. The molecule has 8 nitrogen and oxygen atoms in total. The Hall–Kier alpha value is -1.04. The summed E-state index contributed by atoms with van der Waals surface area (Å²) in [7, 11) is -2.01. The molecular weight excluding hydrogens is 528 g/mol. The van der Waals surface area contributed by atoms with Crippen LogP contribution in [0.2, 0.25) is 18.1 Å². The van der Waals surface area contributed by atoms with Gasteiger partial charge in [0.1, 0.15) is 5.75 Å². The van der Waals surface area contributed by atoms with Gasteiger partial charge in [-0.3, -0.25) is 0 Å². The summed E-state index contributed by atoms with van der Waals surface area (Å²) in [6, 6.07) is 8.36. The molecule has 1 unspecified atom stereocenters. The molecule has 1 saturated heterocycles. The number of rotatable bonds is 15. The summed E-state index contributed by atoms with van der Waals surface area (Å²) in [5.41, 5.74) is 0.516. The maximum atomic E-state index is 8.75. The number of aliphatic hydroxyl groups excluding tert-OH is 1. The number of benzene rings is 1. The first-order valence-electron chi connectivity index (χ1n) is 15.3. The molecule has 1 spiro atoms. The van der Waals surface area contributed by atoms with Crippen molar-refractivity contribution in [2.75, 3.05) is 52.9 Å². The third kappa shape index (κ3) is 5.78. The lowest BCUT2D eigenvalue weighted by atomic mass is 9.47. The molecule has 1 aromatic carbocycles. The maximum Gasteiger partial charge on any atom is 0.261 e. The van der Waals surface area contributed by atoms with Gasteiger partial charge in [0.15, 0.2) is 5.60 Å². The largest absolute Gasteiger partial charge is 0.543 e. The average Bonchev–Trinajstić information content (AvgIpc) is 2.87. The predicted octanol–water partition coefficient (Wildman–Crippen LogP) is 5.44. The molecular formula is C31H50O8Si. The molecule has 5 aliphatic rings. The fourth-order valence-electron chi connectivity index (χ4n) is 7.33. The zero-order valence-corrected chi connectivity index (χ0v) is 26.1. The van der Waals surface area contributed by atoms with Crippen molar-refractivity contribution in [3.63, 3.8) is 0 Å². The maximum absolute atomic E-state index is 8.75. The Morgan fingerprint density at radius 3 is 1.93 bits per heavy atom. The second-order valence-corrected chi connectivity index (χ2v) is 18.4. The molecule has 1 N–H and O–H groups in total. The smallest absolute Gasteiger partial charge is 0.261 e. The topological polar surface area (TPSA) is 84.8 Å². The van der Waals surface area contributed by atoms with Crippen LogP contribution in [-0.2, 0) is 34.5 Å². The summed E-state index contributed by atoms with van der Waals surface area (Å²) in [5.74, 6) is 2.39. The SMILES string of the molecule is CC(C)(C)[Si](C)(C)Oc1cccc(C2(OCCOCCOCCOCCO)OOC23C2CC4CC(C2)CC3C4)c1. The quantitative estimate of drug-likeness (QED) is 0.167. The Bertz CT molecular complexity index is 950. The van der Waals surface area contributed by atoms with Crippen molar-refractivity contribution >= 4 is 8.32 Å². The van der Waals surface area contributed by atoms with Crippen LogP contribution in [0.25, 0.3) is 0 Å². The van der Waals surface area contributed by atoms with Gasteiger partial charge < -0.3 is 28.5 Å². The van der Waals surface area contributed by atoms with Crippen LogP contribution in [0.4, 0.5) is 0 Å². The average molecular weight is 579 g/mol. The molecule has 0 amide bonds. The number of aliphatic hydroxyl groups is 1. The second kappa shape index (κ2) is 12.3. The Balaban J connectivity index is 1.28. The van der Waals surface area contributed by atoms with Gasteiger partial charge in [0, 0.05) is 5.56 Å². The molecule has 0 radical (unpaired) electrons. The zero-order chi connectivity index (χ0) is 28.4. The van der Waals surface area contributed by atoms with Crippen LogP contribution in [0.3, 0.4) is 0 Å². The van der Waals surface area contributed by atoms with E-state index >= 15 is 0 Å². The van der Waals surface area contributed by atoms with Crippen LogP contribution < -0.4 is 4.43 Å². The van der Waals surface area contributed by atoms with Gasteiger partial charge in [0.05, 0.1) is 52.9 Å². The summed E-state index contributed by atoms with van der Waals surface area (Å²) < 4.78 is 30.0. The van der Waals surface area contributed by atoms with E-state index in [2.05, 4.69) is 58.1 Å². The fourth-order valence-corrected chi connectivity index (χ4v) is 8.35. The predicted molar refractivity (Wildman–Crippen MR) is 153 cm³/mol. The minimum absolute atomic E-state index is 0.0250. The molecule has 1 aliphatic heterocycles. The van der Waals surface area contributed by atoms with E-state index in [1.807, 2.05) is 0 Å². The number of ether oxygens (including phenoxy) is 4. The first-order chi connectivity index (χ1) is 19.1. The lowest BCUT2D eigenvalue weighted by molar-refractivity contribution is -0.648. The minimum atomic E-state index is -2.01. The van der Waals surface area contributed by atoms with Crippen LogP contribution in [0, 0.1) is 23.7 Å². The third-order valence-corrected chi connectivity index (χ3v) is 14.4. The Kier molecular flexibility index (Phi) is 9.34. The molecule has 6 rings (SSSR count). The van der Waals surface area contributed by atoms with Crippen LogP contribution in [0.5, 0.6) is 5.75 Å². The van der Waals surface area contributed by atoms with Crippen molar-refractivity contribution in [2.24, 2.45) is 23.7 Å². The summed E-state index contributed by atoms with van der Waals surface area (Å²) in [4.78, 5) is 12.4. The first-order valence-corrected chi connectivity index (χ1v) is 18.2. The van der Waals surface area contributed by atoms with E-state index < -0.39 is 19.7 Å².